The number of hydrogen-bond acceptors (Lipinski definition) is 2. The van der Waals surface area contributed by atoms with E-state index in [0.29, 0.717) is 6.42 Å². The number of oxime groups is 1. The molecule has 1 rings (SSSR count). The fraction of sp³-hybridized carbons (Fsp3) is 0.417. The van der Waals surface area contributed by atoms with Crippen LogP contribution >= 0.6 is 0 Å². The molecule has 1 aromatic rings. The van der Waals surface area contributed by atoms with E-state index in [1.807, 2.05) is 58.0 Å². The molecule has 80 valence electrons. The highest BCUT2D eigenvalue weighted by Gasteiger charge is 1.84. The average Bonchev–Trinajstić information content (AvgIpc) is 2.33. The maximum Gasteiger partial charge on any atom is 0.0479 e. The van der Waals surface area contributed by atoms with E-state index in [2.05, 4.69) is 5.16 Å². The molecule has 0 saturated carbocycles. The van der Waals surface area contributed by atoms with Crippen LogP contribution in [0.3, 0.4) is 0 Å². The van der Waals surface area contributed by atoms with Gasteiger partial charge in [-0.2, -0.15) is 0 Å². The van der Waals surface area contributed by atoms with Gasteiger partial charge >= 0.3 is 0 Å². The Labute approximate surface area is 87.3 Å². The van der Waals surface area contributed by atoms with Gasteiger partial charge in [0.1, 0.15) is 0 Å². The fourth-order valence-electron chi connectivity index (χ4n) is 0.760. The lowest BCUT2D eigenvalue weighted by Crippen LogP contribution is -1.83. The molecule has 14 heavy (non-hydrogen) atoms. The van der Waals surface area contributed by atoms with Crippen molar-refractivity contribution in [1.82, 2.24) is 0 Å². The Morgan fingerprint density at radius 3 is 2.00 bits per heavy atom. The van der Waals surface area contributed by atoms with E-state index in [-0.39, 0.29) is 0 Å². The first-order valence-corrected chi connectivity index (χ1v) is 5.13. The van der Waals surface area contributed by atoms with E-state index in [1.54, 1.807) is 0 Å². The second kappa shape index (κ2) is 14.2. The Morgan fingerprint density at radius 2 is 1.57 bits per heavy atom. The molecule has 0 amide bonds. The number of rotatable bonds is 2. The summed E-state index contributed by atoms with van der Waals surface area (Å²) in [7, 11) is 0. The molecule has 0 aliphatic heterocycles. The van der Waals surface area contributed by atoms with Crippen molar-refractivity contribution < 1.29 is 5.21 Å². The molecular formula is C12H21NO. The van der Waals surface area contributed by atoms with Gasteiger partial charge in [0.25, 0.3) is 0 Å². The predicted molar refractivity (Wildman–Crippen MR) is 63.1 cm³/mol. The first-order valence-electron chi connectivity index (χ1n) is 5.13. The summed E-state index contributed by atoms with van der Waals surface area (Å²) < 4.78 is 0. The lowest BCUT2D eigenvalue weighted by molar-refractivity contribution is 0.321. The molecule has 0 aliphatic rings. The van der Waals surface area contributed by atoms with Crippen LogP contribution in [0.25, 0.3) is 0 Å². The quantitative estimate of drug-likeness (QED) is 0.435. The van der Waals surface area contributed by atoms with Crippen LogP contribution in [-0.2, 0) is 6.42 Å². The minimum absolute atomic E-state index is 0.692. The summed E-state index contributed by atoms with van der Waals surface area (Å²) in [6.07, 6.45) is 2.16. The minimum Gasteiger partial charge on any atom is -0.411 e. The Kier molecular flexibility index (Phi) is 15.4. The summed E-state index contributed by atoms with van der Waals surface area (Å²) >= 11 is 0. The molecule has 1 N–H and O–H groups in total. The van der Waals surface area contributed by atoms with Gasteiger partial charge in [0, 0.05) is 12.6 Å². The largest absolute Gasteiger partial charge is 0.411 e. The third-order valence-electron chi connectivity index (χ3n) is 1.25. The molecule has 0 aromatic heterocycles. The van der Waals surface area contributed by atoms with Crippen LogP contribution < -0.4 is 0 Å². The van der Waals surface area contributed by atoms with Gasteiger partial charge in [0.2, 0.25) is 0 Å². The summed E-state index contributed by atoms with van der Waals surface area (Å²) in [6.45, 7) is 8.00. The molecule has 0 fully saturated rings. The maximum absolute atomic E-state index is 8.10. The van der Waals surface area contributed by atoms with Gasteiger partial charge in [-0.3, -0.25) is 0 Å². The van der Waals surface area contributed by atoms with Crippen LogP contribution in [0.2, 0.25) is 0 Å². The van der Waals surface area contributed by atoms with E-state index in [9.17, 15) is 0 Å². The van der Waals surface area contributed by atoms with Gasteiger partial charge in [-0.15, -0.1) is 5.16 Å². The van der Waals surface area contributed by atoms with E-state index >= 15 is 0 Å². The van der Waals surface area contributed by atoms with Gasteiger partial charge in [-0.25, -0.2) is 0 Å². The molecule has 0 radical (unpaired) electrons. The second-order valence-corrected chi connectivity index (χ2v) is 1.99. The highest BCUT2D eigenvalue weighted by atomic mass is 16.4. The van der Waals surface area contributed by atoms with Crippen molar-refractivity contribution in [2.45, 2.75) is 34.1 Å². The Bertz CT molecular complexity index is 207. The van der Waals surface area contributed by atoms with E-state index in [1.165, 1.54) is 6.21 Å². The molecule has 2 heteroatoms. The number of benzene rings is 1. The number of hydrogen-bond donors (Lipinski definition) is 1. The lowest BCUT2D eigenvalue weighted by Gasteiger charge is -1.90. The van der Waals surface area contributed by atoms with Gasteiger partial charge in [-0.1, -0.05) is 58.0 Å². The molecule has 0 heterocycles. The van der Waals surface area contributed by atoms with Crippen LogP contribution in [0, 0.1) is 0 Å². The monoisotopic (exact) mass is 195 g/mol. The first kappa shape index (κ1) is 15.2. The molecule has 0 atom stereocenters. The topological polar surface area (TPSA) is 32.6 Å². The van der Waals surface area contributed by atoms with Crippen molar-refractivity contribution in [2.24, 2.45) is 5.16 Å². The Hall–Kier alpha value is -1.31. The zero-order valence-electron chi connectivity index (χ0n) is 9.57. The Balaban J connectivity index is 0. The summed E-state index contributed by atoms with van der Waals surface area (Å²) in [6, 6.07) is 9.85. The maximum atomic E-state index is 8.10. The van der Waals surface area contributed by atoms with Crippen LogP contribution in [0.15, 0.2) is 35.5 Å². The lowest BCUT2D eigenvalue weighted by atomic mass is 10.2. The van der Waals surface area contributed by atoms with Crippen molar-refractivity contribution in [3.05, 3.63) is 35.9 Å². The molecule has 1 aromatic carbocycles. The normalized spacial score (nSPS) is 8.29. The van der Waals surface area contributed by atoms with E-state index < -0.39 is 0 Å². The molecule has 0 bridgehead atoms. The van der Waals surface area contributed by atoms with Crippen molar-refractivity contribution in [2.75, 3.05) is 0 Å². The van der Waals surface area contributed by atoms with E-state index in [4.69, 9.17) is 5.21 Å². The van der Waals surface area contributed by atoms with Crippen molar-refractivity contribution >= 4 is 6.21 Å². The molecule has 0 aliphatic carbocycles. The van der Waals surface area contributed by atoms with Gasteiger partial charge in [-0.05, 0) is 5.56 Å². The third-order valence-corrected chi connectivity index (χ3v) is 1.25. The highest BCUT2D eigenvalue weighted by molar-refractivity contribution is 5.60. The van der Waals surface area contributed by atoms with E-state index in [0.717, 1.165) is 5.56 Å². The number of nitrogens with zero attached hydrogens (tertiary/aromatic N) is 1. The Morgan fingerprint density at radius 1 is 1.07 bits per heavy atom. The summed E-state index contributed by atoms with van der Waals surface area (Å²) in [5, 5.41) is 11.0. The molecular weight excluding hydrogens is 174 g/mol. The zero-order valence-corrected chi connectivity index (χ0v) is 9.57. The smallest absolute Gasteiger partial charge is 0.0479 e. The highest BCUT2D eigenvalue weighted by Crippen LogP contribution is 1.96. The summed E-state index contributed by atoms with van der Waals surface area (Å²) in [5.41, 5.74) is 1.15. The molecule has 0 unspecified atom stereocenters. The predicted octanol–water partition coefficient (Wildman–Crippen LogP) is 3.74. The molecule has 0 spiro atoms. The minimum atomic E-state index is 0.692. The summed E-state index contributed by atoms with van der Waals surface area (Å²) in [4.78, 5) is 0. The third kappa shape index (κ3) is 8.78. The molecule has 2 nitrogen and oxygen atoms in total. The van der Waals surface area contributed by atoms with Crippen LogP contribution in [0.1, 0.15) is 33.3 Å². The second-order valence-electron chi connectivity index (χ2n) is 1.99. The van der Waals surface area contributed by atoms with Crippen LogP contribution in [-0.4, -0.2) is 11.4 Å². The first-order chi connectivity index (χ1) is 6.93. The fourth-order valence-corrected chi connectivity index (χ4v) is 0.760. The summed E-state index contributed by atoms with van der Waals surface area (Å²) in [5.74, 6) is 0. The van der Waals surface area contributed by atoms with Crippen molar-refractivity contribution in [3.8, 4) is 0 Å². The van der Waals surface area contributed by atoms with Crippen LogP contribution in [0.4, 0.5) is 0 Å². The molecule has 0 saturated heterocycles. The SMILES string of the molecule is CC.CC.O/N=C/Cc1ccccc1. The van der Waals surface area contributed by atoms with Crippen molar-refractivity contribution in [1.29, 1.82) is 0 Å². The van der Waals surface area contributed by atoms with Crippen molar-refractivity contribution in [3.63, 3.8) is 0 Å². The average molecular weight is 195 g/mol. The van der Waals surface area contributed by atoms with Crippen LogP contribution in [0.5, 0.6) is 0 Å². The zero-order chi connectivity index (χ0) is 11.2. The standard InChI is InChI=1S/C8H9NO.2C2H6/c10-9-7-6-8-4-2-1-3-5-8;2*1-2/h1-5,7,10H,6H2;2*1-2H3/b9-7+;;. The van der Waals surface area contributed by atoms with Gasteiger partial charge in [0.05, 0.1) is 0 Å². The van der Waals surface area contributed by atoms with Gasteiger partial charge < -0.3 is 5.21 Å². The van der Waals surface area contributed by atoms with Gasteiger partial charge in [0.15, 0.2) is 0 Å².